The van der Waals surface area contributed by atoms with Crippen molar-refractivity contribution in [2.75, 3.05) is 33.2 Å². The Morgan fingerprint density at radius 3 is 2.45 bits per heavy atom. The van der Waals surface area contributed by atoms with Gasteiger partial charge in [-0.25, -0.2) is 0 Å². The van der Waals surface area contributed by atoms with Gasteiger partial charge in [0.15, 0.2) is 0 Å². The van der Waals surface area contributed by atoms with E-state index in [9.17, 15) is 4.79 Å². The summed E-state index contributed by atoms with van der Waals surface area (Å²) < 4.78 is 0. The van der Waals surface area contributed by atoms with Crippen LogP contribution >= 0.6 is 0 Å². The highest BCUT2D eigenvalue weighted by atomic mass is 16.2. The van der Waals surface area contributed by atoms with Crippen molar-refractivity contribution in [1.29, 1.82) is 0 Å². The number of likely N-dealkylation sites (tertiary alicyclic amines) is 1. The summed E-state index contributed by atoms with van der Waals surface area (Å²) in [4.78, 5) is 17.3. The zero-order valence-corrected chi connectivity index (χ0v) is 13.2. The number of nitrogens with zero attached hydrogens (tertiary/aromatic N) is 2. The molecule has 1 amide bonds. The van der Waals surface area contributed by atoms with Crippen LogP contribution in [0.25, 0.3) is 0 Å². The molecule has 0 aromatic rings. The van der Waals surface area contributed by atoms with Gasteiger partial charge in [-0.2, -0.15) is 0 Å². The topological polar surface area (TPSA) is 49.6 Å². The minimum absolute atomic E-state index is 0.183. The molecule has 116 valence electrons. The Labute approximate surface area is 123 Å². The summed E-state index contributed by atoms with van der Waals surface area (Å²) in [5.41, 5.74) is 5.87. The minimum Gasteiger partial charge on any atom is -0.342 e. The Morgan fingerprint density at radius 1 is 1.20 bits per heavy atom. The van der Waals surface area contributed by atoms with E-state index < -0.39 is 0 Å². The number of rotatable bonds is 4. The highest BCUT2D eigenvalue weighted by Crippen LogP contribution is 2.31. The second kappa shape index (κ2) is 7.41. The smallest absolute Gasteiger partial charge is 0.226 e. The lowest BCUT2D eigenvalue weighted by atomic mass is 9.78. The predicted molar refractivity (Wildman–Crippen MR) is 82.4 cm³/mol. The molecule has 0 aromatic heterocycles. The van der Waals surface area contributed by atoms with Crippen LogP contribution in [0.15, 0.2) is 0 Å². The lowest BCUT2D eigenvalue weighted by Gasteiger charge is -2.39. The van der Waals surface area contributed by atoms with Gasteiger partial charge in [0.05, 0.1) is 0 Å². The molecule has 2 aliphatic rings. The zero-order valence-electron chi connectivity index (χ0n) is 13.2. The summed E-state index contributed by atoms with van der Waals surface area (Å²) in [6.07, 6.45) is 6.85. The number of amides is 1. The molecule has 2 atom stereocenters. The third-order valence-electron chi connectivity index (χ3n) is 5.43. The van der Waals surface area contributed by atoms with Gasteiger partial charge in [0, 0.05) is 32.1 Å². The Kier molecular flexibility index (Phi) is 5.85. The molecule has 0 radical (unpaired) electrons. The molecule has 1 aliphatic heterocycles. The molecule has 2 unspecified atom stereocenters. The van der Waals surface area contributed by atoms with Gasteiger partial charge in [0.25, 0.3) is 0 Å². The maximum atomic E-state index is 12.8. The van der Waals surface area contributed by atoms with E-state index in [4.69, 9.17) is 5.73 Å². The number of hydrogen-bond acceptors (Lipinski definition) is 3. The van der Waals surface area contributed by atoms with Gasteiger partial charge in [-0.15, -0.1) is 0 Å². The molecular formula is C16H31N3O. The van der Waals surface area contributed by atoms with Crippen molar-refractivity contribution >= 4 is 5.91 Å². The van der Waals surface area contributed by atoms with E-state index in [0.717, 1.165) is 45.3 Å². The van der Waals surface area contributed by atoms with Crippen LogP contribution in [0, 0.1) is 11.8 Å². The molecule has 0 aromatic carbocycles. The van der Waals surface area contributed by atoms with Crippen LogP contribution in [0.4, 0.5) is 0 Å². The van der Waals surface area contributed by atoms with E-state index in [-0.39, 0.29) is 5.92 Å². The van der Waals surface area contributed by atoms with Crippen LogP contribution in [0.3, 0.4) is 0 Å². The SMILES string of the molecule is CCN1CCC(N(C)C(=O)C2CCCCC2CN)CC1. The van der Waals surface area contributed by atoms with Crippen LogP contribution in [-0.2, 0) is 4.79 Å². The molecule has 2 fully saturated rings. The summed E-state index contributed by atoms with van der Waals surface area (Å²) in [7, 11) is 2.01. The fourth-order valence-corrected chi connectivity index (χ4v) is 3.88. The Morgan fingerprint density at radius 2 is 1.85 bits per heavy atom. The first-order valence-corrected chi connectivity index (χ1v) is 8.36. The van der Waals surface area contributed by atoms with Crippen molar-refractivity contribution in [1.82, 2.24) is 9.80 Å². The zero-order chi connectivity index (χ0) is 14.5. The van der Waals surface area contributed by atoms with Crippen molar-refractivity contribution in [3.05, 3.63) is 0 Å². The number of carbonyl (C=O) groups excluding carboxylic acids is 1. The normalized spacial score (nSPS) is 29.4. The predicted octanol–water partition coefficient (Wildman–Crippen LogP) is 1.69. The lowest BCUT2D eigenvalue weighted by Crippen LogP contribution is -2.49. The minimum atomic E-state index is 0.183. The van der Waals surface area contributed by atoms with Gasteiger partial charge in [-0.05, 0) is 44.7 Å². The molecule has 4 heteroatoms. The summed E-state index contributed by atoms with van der Waals surface area (Å²) in [6.45, 7) is 6.26. The van der Waals surface area contributed by atoms with Crippen LogP contribution in [0.1, 0.15) is 45.4 Å². The van der Waals surface area contributed by atoms with Crippen LogP contribution in [-0.4, -0.2) is 55.0 Å². The van der Waals surface area contributed by atoms with E-state index in [2.05, 4.69) is 11.8 Å². The third-order valence-corrected chi connectivity index (χ3v) is 5.43. The van der Waals surface area contributed by atoms with E-state index in [1.54, 1.807) is 0 Å². The number of hydrogen-bond donors (Lipinski definition) is 1. The number of piperidine rings is 1. The molecular weight excluding hydrogens is 250 g/mol. The van der Waals surface area contributed by atoms with Crippen LogP contribution in [0.2, 0.25) is 0 Å². The van der Waals surface area contributed by atoms with Crippen LogP contribution in [0.5, 0.6) is 0 Å². The standard InChI is InChI=1S/C16H31N3O/c1-3-19-10-8-14(9-11-19)18(2)16(20)15-7-5-4-6-13(15)12-17/h13-15H,3-12,17H2,1-2H3. The van der Waals surface area contributed by atoms with E-state index in [0.29, 0.717) is 24.4 Å². The molecule has 20 heavy (non-hydrogen) atoms. The van der Waals surface area contributed by atoms with Crippen molar-refractivity contribution in [3.63, 3.8) is 0 Å². The monoisotopic (exact) mass is 281 g/mol. The molecule has 1 saturated carbocycles. The first-order chi connectivity index (χ1) is 9.67. The lowest BCUT2D eigenvalue weighted by molar-refractivity contribution is -0.140. The van der Waals surface area contributed by atoms with Gasteiger partial charge >= 0.3 is 0 Å². The van der Waals surface area contributed by atoms with Gasteiger partial charge in [-0.3, -0.25) is 4.79 Å². The second-order valence-corrected chi connectivity index (χ2v) is 6.50. The van der Waals surface area contributed by atoms with E-state index in [1.807, 2.05) is 11.9 Å². The molecule has 0 bridgehead atoms. The molecule has 2 N–H and O–H groups in total. The summed E-state index contributed by atoms with van der Waals surface area (Å²) in [5, 5.41) is 0. The highest BCUT2D eigenvalue weighted by Gasteiger charge is 2.34. The largest absolute Gasteiger partial charge is 0.342 e. The van der Waals surface area contributed by atoms with E-state index in [1.165, 1.54) is 12.8 Å². The second-order valence-electron chi connectivity index (χ2n) is 6.50. The molecule has 1 saturated heterocycles. The van der Waals surface area contributed by atoms with Crippen molar-refractivity contribution in [2.24, 2.45) is 17.6 Å². The fourth-order valence-electron chi connectivity index (χ4n) is 3.88. The molecule has 1 heterocycles. The molecule has 0 spiro atoms. The van der Waals surface area contributed by atoms with Crippen LogP contribution < -0.4 is 5.73 Å². The van der Waals surface area contributed by atoms with Crippen molar-refractivity contribution in [2.45, 2.75) is 51.5 Å². The molecule has 2 rings (SSSR count). The van der Waals surface area contributed by atoms with E-state index >= 15 is 0 Å². The number of nitrogens with two attached hydrogens (primary N) is 1. The highest BCUT2D eigenvalue weighted by molar-refractivity contribution is 5.79. The molecule has 4 nitrogen and oxygen atoms in total. The Hall–Kier alpha value is -0.610. The first-order valence-electron chi connectivity index (χ1n) is 8.36. The van der Waals surface area contributed by atoms with Gasteiger partial charge in [0.1, 0.15) is 0 Å². The van der Waals surface area contributed by atoms with Crippen molar-refractivity contribution < 1.29 is 4.79 Å². The Bertz CT molecular complexity index is 313. The third kappa shape index (κ3) is 3.53. The molecule has 1 aliphatic carbocycles. The first kappa shape index (κ1) is 15.8. The maximum absolute atomic E-state index is 12.8. The fraction of sp³-hybridized carbons (Fsp3) is 0.938. The summed E-state index contributed by atoms with van der Waals surface area (Å²) in [5.74, 6) is 0.951. The average Bonchev–Trinajstić information content (AvgIpc) is 2.53. The average molecular weight is 281 g/mol. The maximum Gasteiger partial charge on any atom is 0.226 e. The van der Waals surface area contributed by atoms with Gasteiger partial charge in [-0.1, -0.05) is 19.8 Å². The van der Waals surface area contributed by atoms with Gasteiger partial charge < -0.3 is 15.5 Å². The number of carbonyl (C=O) groups is 1. The summed E-state index contributed by atoms with van der Waals surface area (Å²) >= 11 is 0. The van der Waals surface area contributed by atoms with Gasteiger partial charge in [0.2, 0.25) is 5.91 Å². The summed E-state index contributed by atoms with van der Waals surface area (Å²) in [6, 6.07) is 0.436. The van der Waals surface area contributed by atoms with Crippen molar-refractivity contribution in [3.8, 4) is 0 Å². The Balaban J connectivity index is 1.91. The quantitative estimate of drug-likeness (QED) is 0.853.